The molecule has 1 saturated heterocycles. The summed E-state index contributed by atoms with van der Waals surface area (Å²) < 4.78 is 45.4. The molecular formula is C15H19BrFN7O5S. The van der Waals surface area contributed by atoms with Gasteiger partial charge in [-0.3, -0.25) is 0 Å². The summed E-state index contributed by atoms with van der Waals surface area (Å²) in [6.45, 7) is -0.0348. The Hall–Kier alpha value is -2.33. The van der Waals surface area contributed by atoms with Crippen molar-refractivity contribution in [1.29, 1.82) is 0 Å². The fraction of sp³-hybridized carbons (Fsp3) is 0.400. The number of aliphatic hydroxyl groups is 1. The van der Waals surface area contributed by atoms with Gasteiger partial charge in [-0.15, -0.1) is 0 Å². The highest BCUT2D eigenvalue weighted by Crippen LogP contribution is 2.25. The predicted octanol–water partition coefficient (Wildman–Crippen LogP) is 0.532. The summed E-state index contributed by atoms with van der Waals surface area (Å²) in [6, 6.07) is 4.06. The summed E-state index contributed by atoms with van der Waals surface area (Å²) in [6.07, 6.45) is 0.199. The van der Waals surface area contributed by atoms with Crippen molar-refractivity contribution >= 4 is 43.5 Å². The van der Waals surface area contributed by atoms with Crippen LogP contribution in [0.5, 0.6) is 0 Å². The van der Waals surface area contributed by atoms with Gasteiger partial charge in [-0.2, -0.15) is 12.7 Å². The van der Waals surface area contributed by atoms with Gasteiger partial charge in [-0.25, -0.2) is 13.7 Å². The summed E-state index contributed by atoms with van der Waals surface area (Å²) in [5.41, 5.74) is -0.960. The molecule has 5 N–H and O–H groups in total. The average molecular weight is 508 g/mol. The van der Waals surface area contributed by atoms with Crippen molar-refractivity contribution in [2.24, 2.45) is 5.16 Å². The van der Waals surface area contributed by atoms with Crippen molar-refractivity contribution in [3.05, 3.63) is 34.2 Å². The van der Waals surface area contributed by atoms with Crippen LogP contribution in [0.4, 0.5) is 15.9 Å². The van der Waals surface area contributed by atoms with Crippen LogP contribution in [0.3, 0.4) is 0 Å². The van der Waals surface area contributed by atoms with E-state index in [1.165, 1.54) is 25.2 Å². The van der Waals surface area contributed by atoms with Gasteiger partial charge < -0.3 is 20.9 Å². The second kappa shape index (κ2) is 8.81. The molecule has 1 fully saturated rings. The number of anilines is 2. The van der Waals surface area contributed by atoms with Crippen LogP contribution >= 0.6 is 15.9 Å². The molecule has 1 aromatic carbocycles. The molecule has 1 aliphatic rings. The third kappa shape index (κ3) is 4.86. The highest BCUT2D eigenvalue weighted by atomic mass is 79.9. The highest BCUT2D eigenvalue weighted by molar-refractivity contribution is 9.10. The summed E-state index contributed by atoms with van der Waals surface area (Å²) in [4.78, 5) is 0. The first-order valence-corrected chi connectivity index (χ1v) is 10.8. The van der Waals surface area contributed by atoms with Crippen LogP contribution in [0.2, 0.25) is 0 Å². The Morgan fingerprint density at radius 1 is 1.47 bits per heavy atom. The summed E-state index contributed by atoms with van der Waals surface area (Å²) in [5, 5.41) is 36.1. The number of oxime groups is 1. The van der Waals surface area contributed by atoms with Crippen molar-refractivity contribution in [3.8, 4) is 0 Å². The van der Waals surface area contributed by atoms with Gasteiger partial charge in [0.1, 0.15) is 5.82 Å². The largest absolute Gasteiger partial charge is 0.409 e. The van der Waals surface area contributed by atoms with E-state index in [1.807, 2.05) is 0 Å². The Balaban J connectivity index is 1.69. The quantitative estimate of drug-likeness (QED) is 0.155. The van der Waals surface area contributed by atoms with Gasteiger partial charge in [0.25, 0.3) is 10.2 Å². The Morgan fingerprint density at radius 2 is 2.23 bits per heavy atom. The van der Waals surface area contributed by atoms with E-state index in [0.29, 0.717) is 5.69 Å². The Morgan fingerprint density at radius 3 is 2.90 bits per heavy atom. The van der Waals surface area contributed by atoms with Crippen LogP contribution in [0.1, 0.15) is 12.1 Å². The molecule has 12 nitrogen and oxygen atoms in total. The number of aromatic nitrogens is 2. The minimum absolute atomic E-state index is 0.000697. The fourth-order valence-corrected chi connectivity index (χ4v) is 4.23. The zero-order valence-electron chi connectivity index (χ0n) is 15.6. The normalized spacial score (nSPS) is 20.5. The van der Waals surface area contributed by atoms with Crippen molar-refractivity contribution in [2.75, 3.05) is 37.3 Å². The van der Waals surface area contributed by atoms with Gasteiger partial charge in [-0.05, 0) is 50.9 Å². The summed E-state index contributed by atoms with van der Waals surface area (Å²) in [5.74, 6) is -0.553. The first-order valence-electron chi connectivity index (χ1n) is 8.59. The topological polar surface area (TPSA) is 165 Å². The number of hydrogen-bond donors (Lipinski definition) is 5. The lowest BCUT2D eigenvalue weighted by Crippen LogP contribution is -2.44. The van der Waals surface area contributed by atoms with Crippen LogP contribution < -0.4 is 15.4 Å². The molecule has 0 radical (unpaired) electrons. The van der Waals surface area contributed by atoms with E-state index < -0.39 is 21.6 Å². The van der Waals surface area contributed by atoms with Crippen LogP contribution in [-0.4, -0.2) is 71.5 Å². The molecule has 0 aliphatic carbocycles. The molecule has 0 saturated carbocycles. The van der Waals surface area contributed by atoms with E-state index in [0.717, 1.165) is 4.31 Å². The number of rotatable bonds is 7. The average Bonchev–Trinajstić information content (AvgIpc) is 3.35. The lowest BCUT2D eigenvalue weighted by molar-refractivity contribution is 0.0693. The third-order valence-corrected chi connectivity index (χ3v) is 6.59. The van der Waals surface area contributed by atoms with Gasteiger partial charge in [-0.1, -0.05) is 5.16 Å². The van der Waals surface area contributed by atoms with Gasteiger partial charge >= 0.3 is 0 Å². The van der Waals surface area contributed by atoms with Gasteiger partial charge in [0.15, 0.2) is 5.69 Å². The van der Waals surface area contributed by atoms with Crippen molar-refractivity contribution in [2.45, 2.75) is 12.0 Å². The lowest BCUT2D eigenvalue weighted by atomic mass is 10.0. The molecule has 3 rings (SSSR count). The first kappa shape index (κ1) is 22.4. The zero-order chi connectivity index (χ0) is 21.9. The molecule has 2 aromatic rings. The summed E-state index contributed by atoms with van der Waals surface area (Å²) in [7, 11) is -2.36. The first-order chi connectivity index (χ1) is 14.2. The van der Waals surface area contributed by atoms with Crippen molar-refractivity contribution in [1.82, 2.24) is 19.3 Å². The van der Waals surface area contributed by atoms with E-state index in [2.05, 4.69) is 51.4 Å². The van der Waals surface area contributed by atoms with E-state index in [4.69, 9.17) is 0 Å². The molecule has 30 heavy (non-hydrogen) atoms. The molecular weight excluding hydrogens is 489 g/mol. The molecule has 1 aliphatic heterocycles. The molecule has 15 heteroatoms. The number of β-amino-alcohol motifs (C(OH)–C–C–N with tert-alkyl or cyclic N) is 1. The standard InChI is InChI=1S/C15H19BrFN7O5S/c1-18-30(27,28)24-5-4-15(25,8-24)7-19-13-12(22-29-23-13)14(21-26)20-9-2-3-11(17)10(16)6-9/h2-3,6,18,25-26H,4-5,7-8H2,1H3,(H,19,23)(H,20,21)/t15-/m1/s1. The van der Waals surface area contributed by atoms with E-state index in [-0.39, 0.29) is 47.9 Å². The SMILES string of the molecule is CNS(=O)(=O)N1CC[C@@](O)(CNc2nonc2/C(=N/O)Nc2ccc(F)c(Br)c2)C1. The number of hydrogen-bond acceptors (Lipinski definition) is 9. The van der Waals surface area contributed by atoms with Crippen LogP contribution in [0.25, 0.3) is 0 Å². The minimum Gasteiger partial charge on any atom is -0.409 e. The molecule has 0 unspecified atom stereocenters. The minimum atomic E-state index is -3.65. The van der Waals surface area contributed by atoms with Gasteiger partial charge in [0.2, 0.25) is 11.7 Å². The smallest absolute Gasteiger partial charge is 0.279 e. The van der Waals surface area contributed by atoms with Crippen LogP contribution in [-0.2, 0) is 10.2 Å². The fourth-order valence-electron chi connectivity index (χ4n) is 2.85. The monoisotopic (exact) mass is 507 g/mol. The third-order valence-electron chi connectivity index (χ3n) is 4.48. The number of nitrogens with zero attached hydrogens (tertiary/aromatic N) is 4. The van der Waals surface area contributed by atoms with E-state index >= 15 is 0 Å². The second-order valence-electron chi connectivity index (χ2n) is 6.53. The molecule has 2 heterocycles. The van der Waals surface area contributed by atoms with E-state index in [1.54, 1.807) is 0 Å². The van der Waals surface area contributed by atoms with Crippen molar-refractivity contribution < 1.29 is 27.8 Å². The van der Waals surface area contributed by atoms with Crippen LogP contribution in [0, 0.1) is 5.82 Å². The Labute approximate surface area is 179 Å². The number of nitrogens with one attached hydrogen (secondary N) is 3. The van der Waals surface area contributed by atoms with Gasteiger partial charge in [0, 0.05) is 32.4 Å². The van der Waals surface area contributed by atoms with Gasteiger partial charge in [0.05, 0.1) is 10.1 Å². The maximum atomic E-state index is 13.4. The number of amidine groups is 1. The number of benzene rings is 1. The number of halogens is 2. The second-order valence-corrected chi connectivity index (χ2v) is 9.26. The predicted molar refractivity (Wildman–Crippen MR) is 108 cm³/mol. The lowest BCUT2D eigenvalue weighted by Gasteiger charge is -2.23. The molecule has 0 bridgehead atoms. The zero-order valence-corrected chi connectivity index (χ0v) is 18.0. The molecule has 1 aromatic heterocycles. The maximum Gasteiger partial charge on any atom is 0.279 e. The van der Waals surface area contributed by atoms with Crippen LogP contribution in [0.15, 0.2) is 32.5 Å². The molecule has 0 spiro atoms. The molecule has 164 valence electrons. The molecule has 0 amide bonds. The Bertz CT molecular complexity index is 1050. The Kier molecular flexibility index (Phi) is 6.56. The maximum absolute atomic E-state index is 13.4. The highest BCUT2D eigenvalue weighted by Gasteiger charge is 2.41. The van der Waals surface area contributed by atoms with E-state index in [9.17, 15) is 23.1 Å². The van der Waals surface area contributed by atoms with Crippen molar-refractivity contribution in [3.63, 3.8) is 0 Å². The molecule has 1 atom stereocenters. The summed E-state index contributed by atoms with van der Waals surface area (Å²) >= 11 is 3.06.